The summed E-state index contributed by atoms with van der Waals surface area (Å²) >= 11 is 0. The molecular formula is C19H25F3N2O3. The molecule has 150 valence electrons. The molecule has 1 atom stereocenters. The van der Waals surface area contributed by atoms with Crippen LogP contribution in [-0.2, 0) is 9.59 Å². The molecule has 0 saturated heterocycles. The van der Waals surface area contributed by atoms with Crippen molar-refractivity contribution in [1.82, 2.24) is 10.2 Å². The second kappa shape index (κ2) is 8.35. The Bertz CT molecular complexity index is 633. The van der Waals surface area contributed by atoms with Gasteiger partial charge in [0.1, 0.15) is 5.76 Å². The van der Waals surface area contributed by atoms with Crippen LogP contribution in [0.1, 0.15) is 69.6 Å². The smallest absolute Gasteiger partial charge is 0.467 e. The fourth-order valence-corrected chi connectivity index (χ4v) is 4.19. The first-order chi connectivity index (χ1) is 12.9. The molecule has 0 aromatic carbocycles. The average Bonchev–Trinajstić information content (AvgIpc) is 3.32. The molecular weight excluding hydrogens is 361 g/mol. The van der Waals surface area contributed by atoms with Crippen LogP contribution in [0.25, 0.3) is 0 Å². The lowest BCUT2D eigenvalue weighted by atomic mass is 9.95. The SMILES string of the molecule is O=C(NC1CCCCC1)C(c1ccco1)N(C(=O)C(F)(F)F)C1CCCC1. The molecule has 8 heteroatoms. The van der Waals surface area contributed by atoms with Gasteiger partial charge in [0.05, 0.1) is 6.26 Å². The molecule has 3 rings (SSSR count). The summed E-state index contributed by atoms with van der Waals surface area (Å²) in [6.07, 6.45) is 3.29. The number of amides is 2. The summed E-state index contributed by atoms with van der Waals surface area (Å²) in [7, 11) is 0. The number of nitrogens with zero attached hydrogens (tertiary/aromatic N) is 1. The van der Waals surface area contributed by atoms with Crippen LogP contribution < -0.4 is 5.32 Å². The average molecular weight is 386 g/mol. The maximum atomic E-state index is 13.3. The molecule has 5 nitrogen and oxygen atoms in total. The molecule has 2 aliphatic carbocycles. The topological polar surface area (TPSA) is 62.6 Å². The largest absolute Gasteiger partial charge is 0.471 e. The Morgan fingerprint density at radius 3 is 2.26 bits per heavy atom. The van der Waals surface area contributed by atoms with Gasteiger partial charge in [-0.1, -0.05) is 32.1 Å². The summed E-state index contributed by atoms with van der Waals surface area (Å²) in [6.45, 7) is 0. The molecule has 2 saturated carbocycles. The van der Waals surface area contributed by atoms with Crippen LogP contribution in [0.5, 0.6) is 0 Å². The van der Waals surface area contributed by atoms with Gasteiger partial charge in [-0.3, -0.25) is 9.59 Å². The fraction of sp³-hybridized carbons (Fsp3) is 0.684. The molecule has 1 aromatic rings. The minimum absolute atomic E-state index is 0.0628. The van der Waals surface area contributed by atoms with Gasteiger partial charge in [-0.15, -0.1) is 0 Å². The third-order valence-electron chi connectivity index (χ3n) is 5.49. The number of carbonyl (C=O) groups excluding carboxylic acids is 2. The van der Waals surface area contributed by atoms with E-state index in [2.05, 4.69) is 5.32 Å². The van der Waals surface area contributed by atoms with Gasteiger partial charge in [0.15, 0.2) is 6.04 Å². The molecule has 0 spiro atoms. The highest BCUT2D eigenvalue weighted by molar-refractivity contribution is 5.90. The number of nitrogens with one attached hydrogen (secondary N) is 1. The highest BCUT2D eigenvalue weighted by Gasteiger charge is 2.50. The Kier molecular flexibility index (Phi) is 6.11. The number of carbonyl (C=O) groups is 2. The van der Waals surface area contributed by atoms with Crippen LogP contribution in [0.3, 0.4) is 0 Å². The molecule has 2 amide bonds. The third kappa shape index (κ3) is 4.65. The van der Waals surface area contributed by atoms with E-state index >= 15 is 0 Å². The Balaban J connectivity index is 1.90. The molecule has 1 aromatic heterocycles. The normalized spacial score (nSPS) is 20.4. The van der Waals surface area contributed by atoms with E-state index in [0.29, 0.717) is 17.7 Å². The summed E-state index contributed by atoms with van der Waals surface area (Å²) in [5.74, 6) is -2.51. The zero-order valence-electron chi connectivity index (χ0n) is 15.1. The number of rotatable bonds is 5. The van der Waals surface area contributed by atoms with E-state index in [9.17, 15) is 22.8 Å². The van der Waals surface area contributed by atoms with Gasteiger partial charge in [-0.2, -0.15) is 13.2 Å². The lowest BCUT2D eigenvalue weighted by Gasteiger charge is -2.36. The first kappa shape index (κ1) is 19.8. The molecule has 27 heavy (non-hydrogen) atoms. The van der Waals surface area contributed by atoms with Gasteiger partial charge in [0.2, 0.25) is 0 Å². The van der Waals surface area contributed by atoms with Crippen LogP contribution >= 0.6 is 0 Å². The van der Waals surface area contributed by atoms with Gasteiger partial charge >= 0.3 is 12.1 Å². The summed E-state index contributed by atoms with van der Waals surface area (Å²) in [5.41, 5.74) is 0. The van der Waals surface area contributed by atoms with Gasteiger partial charge < -0.3 is 14.6 Å². The van der Waals surface area contributed by atoms with Gasteiger partial charge in [-0.05, 0) is 37.8 Å². The molecule has 1 N–H and O–H groups in total. The molecule has 1 unspecified atom stereocenters. The van der Waals surface area contributed by atoms with E-state index in [1.54, 1.807) is 0 Å². The van der Waals surface area contributed by atoms with Crippen LogP contribution in [0, 0.1) is 0 Å². The van der Waals surface area contributed by atoms with Crippen molar-refractivity contribution < 1.29 is 27.2 Å². The monoisotopic (exact) mass is 386 g/mol. The van der Waals surface area contributed by atoms with E-state index in [1.807, 2.05) is 0 Å². The van der Waals surface area contributed by atoms with Crippen molar-refractivity contribution in [3.05, 3.63) is 24.2 Å². The zero-order chi connectivity index (χ0) is 19.4. The summed E-state index contributed by atoms with van der Waals surface area (Å²) in [6, 6.07) is 0.873. The van der Waals surface area contributed by atoms with Crippen LogP contribution in [0.4, 0.5) is 13.2 Å². The molecule has 0 aliphatic heterocycles. The van der Waals surface area contributed by atoms with Crippen LogP contribution in [0.2, 0.25) is 0 Å². The molecule has 0 bridgehead atoms. The maximum Gasteiger partial charge on any atom is 0.471 e. The number of furan rings is 1. The molecule has 1 heterocycles. The molecule has 2 aliphatic rings. The van der Waals surface area contributed by atoms with Crippen molar-refractivity contribution in [1.29, 1.82) is 0 Å². The lowest BCUT2D eigenvalue weighted by Crippen LogP contribution is -2.53. The van der Waals surface area contributed by atoms with Crippen molar-refractivity contribution in [3.63, 3.8) is 0 Å². The predicted molar refractivity (Wildman–Crippen MR) is 91.6 cm³/mol. The minimum Gasteiger partial charge on any atom is -0.467 e. The summed E-state index contributed by atoms with van der Waals surface area (Å²) in [5, 5.41) is 2.86. The number of hydrogen-bond donors (Lipinski definition) is 1. The van der Waals surface area contributed by atoms with Gasteiger partial charge in [0, 0.05) is 12.1 Å². The maximum absolute atomic E-state index is 13.3. The highest BCUT2D eigenvalue weighted by Crippen LogP contribution is 2.35. The van der Waals surface area contributed by atoms with E-state index in [-0.39, 0.29) is 11.8 Å². The summed E-state index contributed by atoms with van der Waals surface area (Å²) in [4.78, 5) is 26.0. The third-order valence-corrected chi connectivity index (χ3v) is 5.49. The van der Waals surface area contributed by atoms with Crippen molar-refractivity contribution >= 4 is 11.8 Å². The van der Waals surface area contributed by atoms with E-state index in [0.717, 1.165) is 44.9 Å². The van der Waals surface area contributed by atoms with Crippen LogP contribution in [-0.4, -0.2) is 35.0 Å². The molecule has 0 radical (unpaired) electrons. The van der Waals surface area contributed by atoms with Crippen molar-refractivity contribution in [3.8, 4) is 0 Å². The second-order valence-corrected chi connectivity index (χ2v) is 7.41. The van der Waals surface area contributed by atoms with Crippen molar-refractivity contribution in [2.45, 2.75) is 82.1 Å². The zero-order valence-corrected chi connectivity index (χ0v) is 15.1. The lowest BCUT2D eigenvalue weighted by molar-refractivity contribution is -0.192. The Morgan fingerprint density at radius 2 is 1.70 bits per heavy atom. The Morgan fingerprint density at radius 1 is 1.07 bits per heavy atom. The first-order valence-electron chi connectivity index (χ1n) is 9.61. The second-order valence-electron chi connectivity index (χ2n) is 7.41. The summed E-state index contributed by atoms with van der Waals surface area (Å²) < 4.78 is 45.3. The van der Waals surface area contributed by atoms with Crippen molar-refractivity contribution in [2.24, 2.45) is 0 Å². The van der Waals surface area contributed by atoms with Crippen LogP contribution in [0.15, 0.2) is 22.8 Å². The number of alkyl halides is 3. The Labute approximate surface area is 156 Å². The minimum atomic E-state index is -5.04. The first-order valence-corrected chi connectivity index (χ1v) is 9.61. The quantitative estimate of drug-likeness (QED) is 0.829. The predicted octanol–water partition coefficient (Wildman–Crippen LogP) is 4.10. The number of hydrogen-bond acceptors (Lipinski definition) is 3. The fourth-order valence-electron chi connectivity index (χ4n) is 4.19. The van der Waals surface area contributed by atoms with Gasteiger partial charge in [0.25, 0.3) is 5.91 Å². The standard InChI is InChI=1S/C19H25F3N2O3/c20-19(21,22)18(26)24(14-9-4-5-10-14)16(15-11-6-12-27-15)17(25)23-13-7-2-1-3-8-13/h6,11-14,16H,1-5,7-10H2,(H,23,25). The van der Waals surface area contributed by atoms with E-state index in [1.165, 1.54) is 18.4 Å². The highest BCUT2D eigenvalue weighted by atomic mass is 19.4. The van der Waals surface area contributed by atoms with E-state index < -0.39 is 30.1 Å². The van der Waals surface area contributed by atoms with Crippen molar-refractivity contribution in [2.75, 3.05) is 0 Å². The van der Waals surface area contributed by atoms with Gasteiger partial charge in [-0.25, -0.2) is 0 Å². The Hall–Kier alpha value is -1.99. The molecule has 2 fully saturated rings. The van der Waals surface area contributed by atoms with E-state index in [4.69, 9.17) is 4.42 Å². The number of halogens is 3.